The van der Waals surface area contributed by atoms with Crippen molar-refractivity contribution in [2.24, 2.45) is 13.0 Å². The van der Waals surface area contributed by atoms with E-state index >= 15 is 0 Å². The van der Waals surface area contributed by atoms with E-state index in [4.69, 9.17) is 4.74 Å². The fourth-order valence-electron chi connectivity index (χ4n) is 2.76. The van der Waals surface area contributed by atoms with Crippen molar-refractivity contribution in [1.29, 1.82) is 0 Å². The Hall–Kier alpha value is -2.34. The zero-order valence-corrected chi connectivity index (χ0v) is 13.3. The predicted molar refractivity (Wildman–Crippen MR) is 88.0 cm³/mol. The van der Waals surface area contributed by atoms with Crippen molar-refractivity contribution >= 4 is 11.7 Å². The fourth-order valence-corrected chi connectivity index (χ4v) is 2.76. The molecule has 0 aliphatic carbocycles. The standard InChI is InChI=1S/C17H22N4O2/c1-20-11-16(9-18-20)19-17(22)21-8-7-15(10-21)13-23-12-14-5-3-2-4-6-14/h2-6,9,11,15H,7-8,10,12-13H2,1H3,(H,19,22). The van der Waals surface area contributed by atoms with Crippen LogP contribution in [0.2, 0.25) is 0 Å². The van der Waals surface area contributed by atoms with E-state index in [0.29, 0.717) is 19.1 Å². The molecule has 1 aliphatic rings. The van der Waals surface area contributed by atoms with Gasteiger partial charge in [0, 0.05) is 32.3 Å². The second-order valence-corrected chi connectivity index (χ2v) is 5.93. The Morgan fingerprint density at radius 1 is 1.39 bits per heavy atom. The molecule has 1 fully saturated rings. The molecule has 0 saturated carbocycles. The van der Waals surface area contributed by atoms with Gasteiger partial charge < -0.3 is 15.0 Å². The van der Waals surface area contributed by atoms with Gasteiger partial charge in [-0.3, -0.25) is 4.68 Å². The Balaban J connectivity index is 1.40. The lowest BCUT2D eigenvalue weighted by Gasteiger charge is -2.16. The van der Waals surface area contributed by atoms with Gasteiger partial charge in [0.1, 0.15) is 0 Å². The Morgan fingerprint density at radius 3 is 2.96 bits per heavy atom. The number of nitrogens with zero attached hydrogens (tertiary/aromatic N) is 3. The van der Waals surface area contributed by atoms with Crippen LogP contribution in [0.3, 0.4) is 0 Å². The summed E-state index contributed by atoms with van der Waals surface area (Å²) in [4.78, 5) is 14.0. The third-order valence-corrected chi connectivity index (χ3v) is 3.99. The highest BCUT2D eigenvalue weighted by atomic mass is 16.5. The quantitative estimate of drug-likeness (QED) is 0.922. The number of rotatable bonds is 5. The zero-order chi connectivity index (χ0) is 16.1. The van der Waals surface area contributed by atoms with E-state index in [9.17, 15) is 4.79 Å². The van der Waals surface area contributed by atoms with Crippen LogP contribution in [-0.2, 0) is 18.4 Å². The molecule has 0 bridgehead atoms. The van der Waals surface area contributed by atoms with Gasteiger partial charge >= 0.3 is 6.03 Å². The summed E-state index contributed by atoms with van der Waals surface area (Å²) in [5.74, 6) is 0.401. The molecule has 0 spiro atoms. The van der Waals surface area contributed by atoms with E-state index in [2.05, 4.69) is 22.5 Å². The lowest BCUT2D eigenvalue weighted by Crippen LogP contribution is -2.33. The van der Waals surface area contributed by atoms with Crippen LogP contribution >= 0.6 is 0 Å². The number of hydrogen-bond donors (Lipinski definition) is 1. The van der Waals surface area contributed by atoms with Crippen LogP contribution in [0.25, 0.3) is 0 Å². The first-order valence-corrected chi connectivity index (χ1v) is 7.87. The first-order valence-electron chi connectivity index (χ1n) is 7.87. The van der Waals surface area contributed by atoms with E-state index < -0.39 is 0 Å². The van der Waals surface area contributed by atoms with Gasteiger partial charge in [-0.2, -0.15) is 5.10 Å². The second-order valence-electron chi connectivity index (χ2n) is 5.93. The van der Waals surface area contributed by atoms with E-state index in [0.717, 1.165) is 25.2 Å². The number of carbonyl (C=O) groups is 1. The monoisotopic (exact) mass is 314 g/mol. The molecular weight excluding hydrogens is 292 g/mol. The number of aromatic nitrogens is 2. The maximum atomic E-state index is 12.2. The molecule has 1 N–H and O–H groups in total. The predicted octanol–water partition coefficient (Wildman–Crippen LogP) is 2.49. The summed E-state index contributed by atoms with van der Waals surface area (Å²) < 4.78 is 7.45. The summed E-state index contributed by atoms with van der Waals surface area (Å²) in [5.41, 5.74) is 1.90. The third-order valence-electron chi connectivity index (χ3n) is 3.99. The number of hydrogen-bond acceptors (Lipinski definition) is 3. The van der Waals surface area contributed by atoms with Crippen LogP contribution < -0.4 is 5.32 Å². The van der Waals surface area contributed by atoms with Gasteiger partial charge in [0.25, 0.3) is 0 Å². The van der Waals surface area contributed by atoms with Gasteiger partial charge in [0.15, 0.2) is 0 Å². The Labute approximate surface area is 136 Å². The number of anilines is 1. The van der Waals surface area contributed by atoms with Gasteiger partial charge in [0.2, 0.25) is 0 Å². The normalized spacial score (nSPS) is 17.4. The minimum Gasteiger partial charge on any atom is -0.376 e. The first kappa shape index (κ1) is 15.6. The van der Waals surface area contributed by atoms with Crippen LogP contribution in [0.4, 0.5) is 10.5 Å². The molecule has 1 unspecified atom stereocenters. The fraction of sp³-hybridized carbons (Fsp3) is 0.412. The number of likely N-dealkylation sites (tertiary alicyclic amines) is 1. The van der Waals surface area contributed by atoms with Crippen molar-refractivity contribution in [2.45, 2.75) is 13.0 Å². The maximum Gasteiger partial charge on any atom is 0.321 e. The molecule has 1 aromatic carbocycles. The highest BCUT2D eigenvalue weighted by molar-refractivity contribution is 5.89. The molecule has 1 aliphatic heterocycles. The Morgan fingerprint density at radius 2 is 2.22 bits per heavy atom. The third kappa shape index (κ3) is 4.32. The molecule has 1 atom stereocenters. The van der Waals surface area contributed by atoms with E-state index in [1.54, 1.807) is 17.1 Å². The van der Waals surface area contributed by atoms with Crippen molar-refractivity contribution in [3.8, 4) is 0 Å². The van der Waals surface area contributed by atoms with Crippen molar-refractivity contribution < 1.29 is 9.53 Å². The molecular formula is C17H22N4O2. The number of aryl methyl sites for hydroxylation is 1. The summed E-state index contributed by atoms with van der Waals surface area (Å²) in [6.07, 6.45) is 4.41. The molecule has 6 heteroatoms. The van der Waals surface area contributed by atoms with Gasteiger partial charge in [-0.1, -0.05) is 30.3 Å². The minimum absolute atomic E-state index is 0.0661. The summed E-state index contributed by atoms with van der Waals surface area (Å²) in [7, 11) is 1.83. The molecule has 1 saturated heterocycles. The van der Waals surface area contributed by atoms with Gasteiger partial charge in [-0.05, 0) is 12.0 Å². The average molecular weight is 314 g/mol. The molecule has 122 valence electrons. The number of ether oxygens (including phenoxy) is 1. The van der Waals surface area contributed by atoms with E-state index in [-0.39, 0.29) is 6.03 Å². The molecule has 1 aromatic heterocycles. The highest BCUT2D eigenvalue weighted by Gasteiger charge is 2.26. The van der Waals surface area contributed by atoms with Gasteiger partial charge in [0.05, 0.1) is 25.1 Å². The number of benzene rings is 1. The molecule has 3 rings (SSSR count). The number of nitrogens with one attached hydrogen (secondary N) is 1. The highest BCUT2D eigenvalue weighted by Crippen LogP contribution is 2.18. The smallest absolute Gasteiger partial charge is 0.321 e. The summed E-state index contributed by atoms with van der Waals surface area (Å²) >= 11 is 0. The molecule has 2 heterocycles. The SMILES string of the molecule is Cn1cc(NC(=O)N2CCC(COCc3ccccc3)C2)cn1. The second kappa shape index (κ2) is 7.28. The van der Waals surface area contributed by atoms with Crippen LogP contribution in [0.15, 0.2) is 42.7 Å². The molecule has 2 aromatic rings. The molecule has 0 radical (unpaired) electrons. The lowest BCUT2D eigenvalue weighted by molar-refractivity contribution is 0.0900. The maximum absolute atomic E-state index is 12.2. The van der Waals surface area contributed by atoms with Gasteiger partial charge in [-0.25, -0.2) is 4.79 Å². The lowest BCUT2D eigenvalue weighted by atomic mass is 10.1. The van der Waals surface area contributed by atoms with Crippen LogP contribution in [0, 0.1) is 5.92 Å². The van der Waals surface area contributed by atoms with Gasteiger partial charge in [-0.15, -0.1) is 0 Å². The van der Waals surface area contributed by atoms with Crippen molar-refractivity contribution in [3.63, 3.8) is 0 Å². The van der Waals surface area contributed by atoms with Crippen molar-refractivity contribution in [2.75, 3.05) is 25.0 Å². The summed E-state index contributed by atoms with van der Waals surface area (Å²) in [5, 5.41) is 6.91. The number of carbonyl (C=O) groups excluding carboxylic acids is 1. The van der Waals surface area contributed by atoms with Crippen molar-refractivity contribution in [1.82, 2.24) is 14.7 Å². The zero-order valence-electron chi connectivity index (χ0n) is 13.3. The Bertz CT molecular complexity index is 641. The first-order chi connectivity index (χ1) is 11.2. The Kier molecular flexibility index (Phi) is 4.92. The van der Waals surface area contributed by atoms with Crippen LogP contribution in [-0.4, -0.2) is 40.4 Å². The summed E-state index contributed by atoms with van der Waals surface area (Å²) in [6, 6.07) is 10.1. The van der Waals surface area contributed by atoms with Crippen molar-refractivity contribution in [3.05, 3.63) is 48.3 Å². The molecule has 2 amide bonds. The number of amides is 2. The topological polar surface area (TPSA) is 59.4 Å². The minimum atomic E-state index is -0.0661. The van der Waals surface area contributed by atoms with Crippen LogP contribution in [0.5, 0.6) is 0 Å². The summed E-state index contributed by atoms with van der Waals surface area (Å²) in [6.45, 7) is 2.82. The average Bonchev–Trinajstić information content (AvgIpc) is 3.18. The van der Waals surface area contributed by atoms with E-state index in [1.807, 2.05) is 30.1 Å². The molecule has 6 nitrogen and oxygen atoms in total. The molecule has 23 heavy (non-hydrogen) atoms. The largest absolute Gasteiger partial charge is 0.376 e. The number of urea groups is 1. The van der Waals surface area contributed by atoms with E-state index in [1.165, 1.54) is 5.56 Å². The van der Waals surface area contributed by atoms with Crippen LogP contribution in [0.1, 0.15) is 12.0 Å².